The number of hydrogen-bond donors (Lipinski definition) is 0. The zero-order valence-corrected chi connectivity index (χ0v) is 11.5. The first kappa shape index (κ1) is 12.9. The highest BCUT2D eigenvalue weighted by Gasteiger charge is 2.26. The molecule has 0 N–H and O–H groups in total. The second-order valence-electron chi connectivity index (χ2n) is 5.13. The Morgan fingerprint density at radius 1 is 1.24 bits per heavy atom. The van der Waals surface area contributed by atoms with E-state index in [4.69, 9.17) is 23.2 Å². The molecule has 0 aromatic carbocycles. The third-order valence-electron chi connectivity index (χ3n) is 3.45. The predicted octanol–water partition coefficient (Wildman–Crippen LogP) is 3.55. The Kier molecular flexibility index (Phi) is 3.79. The van der Waals surface area contributed by atoms with Crippen LogP contribution in [0.3, 0.4) is 0 Å². The topological polar surface area (TPSA) is 34.9 Å². The molecule has 94 valence electrons. The molecule has 0 saturated heterocycles. The normalized spacial score (nSPS) is 29.3. The second kappa shape index (κ2) is 4.99. The van der Waals surface area contributed by atoms with Crippen molar-refractivity contribution in [3.05, 3.63) is 26.9 Å². The van der Waals surface area contributed by atoms with Crippen LogP contribution in [0.5, 0.6) is 0 Å². The Hall–Kier alpha value is -0.540. The Morgan fingerprint density at radius 3 is 2.41 bits per heavy atom. The molecule has 2 unspecified atom stereocenters. The van der Waals surface area contributed by atoms with E-state index >= 15 is 0 Å². The van der Waals surface area contributed by atoms with Crippen molar-refractivity contribution in [2.75, 3.05) is 0 Å². The van der Waals surface area contributed by atoms with Crippen molar-refractivity contribution in [3.63, 3.8) is 0 Å². The lowest BCUT2D eigenvalue weighted by atomic mass is 9.80. The zero-order valence-electron chi connectivity index (χ0n) is 9.99. The number of aromatic nitrogens is 2. The fourth-order valence-corrected chi connectivity index (χ4v) is 3.09. The average Bonchev–Trinajstić information content (AvgIpc) is 2.24. The fourth-order valence-electron chi connectivity index (χ4n) is 2.82. The molecule has 1 aromatic rings. The lowest BCUT2D eigenvalue weighted by molar-refractivity contribution is 0.217. The summed E-state index contributed by atoms with van der Waals surface area (Å²) in [5.74, 6) is 1.26. The summed E-state index contributed by atoms with van der Waals surface area (Å²) in [7, 11) is 0. The molecule has 1 aromatic heterocycles. The van der Waals surface area contributed by atoms with Gasteiger partial charge in [0.1, 0.15) is 5.02 Å². The quantitative estimate of drug-likeness (QED) is 0.735. The van der Waals surface area contributed by atoms with Crippen molar-refractivity contribution in [3.8, 4) is 0 Å². The van der Waals surface area contributed by atoms with Crippen LogP contribution in [0.1, 0.15) is 39.2 Å². The Bertz CT molecular complexity index is 462. The van der Waals surface area contributed by atoms with E-state index < -0.39 is 0 Å². The smallest absolute Gasteiger partial charge is 0.273 e. The van der Waals surface area contributed by atoms with Crippen LogP contribution in [-0.2, 0) is 0 Å². The molecule has 1 heterocycles. The van der Waals surface area contributed by atoms with Crippen LogP contribution >= 0.6 is 23.2 Å². The molecule has 1 aliphatic rings. The van der Waals surface area contributed by atoms with Gasteiger partial charge in [0.2, 0.25) is 0 Å². The summed E-state index contributed by atoms with van der Waals surface area (Å²) >= 11 is 11.6. The van der Waals surface area contributed by atoms with E-state index in [-0.39, 0.29) is 21.8 Å². The van der Waals surface area contributed by atoms with Gasteiger partial charge in [-0.1, -0.05) is 37.0 Å². The molecule has 0 amide bonds. The lowest BCUT2D eigenvalue weighted by Gasteiger charge is -2.32. The van der Waals surface area contributed by atoms with Crippen LogP contribution in [0.15, 0.2) is 11.1 Å². The Labute approximate surface area is 111 Å². The summed E-state index contributed by atoms with van der Waals surface area (Å²) in [5, 5.41) is 0.116. The highest BCUT2D eigenvalue weighted by Crippen LogP contribution is 2.35. The average molecular weight is 275 g/mol. The predicted molar refractivity (Wildman–Crippen MR) is 69.7 cm³/mol. The molecule has 1 aliphatic carbocycles. The summed E-state index contributed by atoms with van der Waals surface area (Å²) < 4.78 is 1.64. The third kappa shape index (κ3) is 2.66. The van der Waals surface area contributed by atoms with Crippen LogP contribution < -0.4 is 5.56 Å². The molecule has 2 rings (SSSR count). The Morgan fingerprint density at radius 2 is 1.82 bits per heavy atom. The first-order chi connectivity index (χ1) is 7.99. The summed E-state index contributed by atoms with van der Waals surface area (Å²) in [4.78, 5) is 16.0. The molecule has 3 nitrogen and oxygen atoms in total. The van der Waals surface area contributed by atoms with E-state index in [2.05, 4.69) is 18.8 Å². The van der Waals surface area contributed by atoms with E-state index in [0.717, 1.165) is 12.8 Å². The molecule has 1 saturated carbocycles. The van der Waals surface area contributed by atoms with Crippen molar-refractivity contribution in [2.24, 2.45) is 11.8 Å². The minimum atomic E-state index is -0.224. The van der Waals surface area contributed by atoms with Gasteiger partial charge < -0.3 is 0 Å². The summed E-state index contributed by atoms with van der Waals surface area (Å²) in [6, 6.07) is 0.198. The van der Waals surface area contributed by atoms with Gasteiger partial charge in [-0.05, 0) is 31.1 Å². The van der Waals surface area contributed by atoms with Gasteiger partial charge in [0, 0.05) is 6.04 Å². The van der Waals surface area contributed by atoms with Gasteiger partial charge in [0.15, 0.2) is 5.15 Å². The highest BCUT2D eigenvalue weighted by atomic mass is 35.5. The van der Waals surface area contributed by atoms with E-state index in [9.17, 15) is 4.79 Å². The molecule has 0 radical (unpaired) electrons. The SMILES string of the molecule is CC1CC(C)CC(n2cnc(Cl)c(Cl)c2=O)C1. The number of nitrogens with zero attached hydrogens (tertiary/aromatic N) is 2. The van der Waals surface area contributed by atoms with Gasteiger partial charge in [-0.15, -0.1) is 0 Å². The van der Waals surface area contributed by atoms with Gasteiger partial charge in [0.05, 0.1) is 6.33 Å². The lowest BCUT2D eigenvalue weighted by Crippen LogP contribution is -2.31. The van der Waals surface area contributed by atoms with Crippen molar-refractivity contribution in [2.45, 2.75) is 39.2 Å². The standard InChI is InChI=1S/C12H16Cl2N2O/c1-7-3-8(2)5-9(4-7)16-6-15-11(14)10(13)12(16)17/h6-9H,3-5H2,1-2H3. The second-order valence-corrected chi connectivity index (χ2v) is 5.87. The van der Waals surface area contributed by atoms with E-state index in [1.165, 1.54) is 12.7 Å². The molecular formula is C12H16Cl2N2O. The maximum atomic E-state index is 12.0. The van der Waals surface area contributed by atoms with Gasteiger partial charge in [0.25, 0.3) is 5.56 Å². The minimum absolute atomic E-state index is 0.0278. The molecular weight excluding hydrogens is 259 g/mol. The van der Waals surface area contributed by atoms with Gasteiger partial charge in [-0.25, -0.2) is 4.98 Å². The maximum absolute atomic E-state index is 12.0. The summed E-state index contributed by atoms with van der Waals surface area (Å²) in [6.45, 7) is 4.44. The largest absolute Gasteiger partial charge is 0.295 e. The first-order valence-electron chi connectivity index (χ1n) is 5.91. The van der Waals surface area contributed by atoms with Gasteiger partial charge in [-0.2, -0.15) is 0 Å². The summed E-state index contributed by atoms with van der Waals surface area (Å²) in [6.07, 6.45) is 4.75. The number of halogens is 2. The van der Waals surface area contributed by atoms with Crippen LogP contribution in [0, 0.1) is 11.8 Å². The van der Waals surface area contributed by atoms with E-state index in [1.807, 2.05) is 0 Å². The van der Waals surface area contributed by atoms with Crippen LogP contribution in [0.25, 0.3) is 0 Å². The van der Waals surface area contributed by atoms with E-state index in [0.29, 0.717) is 11.8 Å². The van der Waals surface area contributed by atoms with E-state index in [1.54, 1.807) is 4.57 Å². The number of hydrogen-bond acceptors (Lipinski definition) is 2. The van der Waals surface area contributed by atoms with Crippen molar-refractivity contribution in [1.29, 1.82) is 0 Å². The summed E-state index contributed by atoms with van der Waals surface area (Å²) in [5.41, 5.74) is -0.224. The molecule has 0 aliphatic heterocycles. The van der Waals surface area contributed by atoms with Crippen molar-refractivity contribution >= 4 is 23.2 Å². The van der Waals surface area contributed by atoms with Crippen molar-refractivity contribution < 1.29 is 0 Å². The minimum Gasteiger partial charge on any atom is -0.295 e. The highest BCUT2D eigenvalue weighted by molar-refractivity contribution is 6.40. The van der Waals surface area contributed by atoms with Crippen LogP contribution in [0.4, 0.5) is 0 Å². The van der Waals surface area contributed by atoms with Gasteiger partial charge >= 0.3 is 0 Å². The molecule has 17 heavy (non-hydrogen) atoms. The molecule has 0 spiro atoms. The van der Waals surface area contributed by atoms with Gasteiger partial charge in [-0.3, -0.25) is 9.36 Å². The zero-order chi connectivity index (χ0) is 12.6. The maximum Gasteiger partial charge on any atom is 0.273 e. The van der Waals surface area contributed by atoms with Crippen LogP contribution in [0.2, 0.25) is 10.2 Å². The molecule has 0 bridgehead atoms. The fraction of sp³-hybridized carbons (Fsp3) is 0.667. The molecule has 2 atom stereocenters. The monoisotopic (exact) mass is 274 g/mol. The molecule has 5 heteroatoms. The number of rotatable bonds is 1. The first-order valence-corrected chi connectivity index (χ1v) is 6.66. The molecule has 1 fully saturated rings. The van der Waals surface area contributed by atoms with Crippen LogP contribution in [-0.4, -0.2) is 9.55 Å². The van der Waals surface area contributed by atoms with Crippen molar-refractivity contribution in [1.82, 2.24) is 9.55 Å². The Balaban J connectivity index is 2.34. The third-order valence-corrected chi connectivity index (χ3v) is 4.17.